The fourth-order valence-corrected chi connectivity index (χ4v) is 3.91. The number of benzene rings is 2. The molecule has 29 heavy (non-hydrogen) atoms. The highest BCUT2D eigenvalue weighted by Crippen LogP contribution is 2.37. The lowest BCUT2D eigenvalue weighted by molar-refractivity contribution is -0.122. The molecule has 0 radical (unpaired) electrons. The third-order valence-corrected chi connectivity index (χ3v) is 5.51. The van der Waals surface area contributed by atoms with Gasteiger partial charge >= 0.3 is 5.97 Å². The quantitative estimate of drug-likeness (QED) is 0.720. The zero-order valence-electron chi connectivity index (χ0n) is 15.7. The summed E-state index contributed by atoms with van der Waals surface area (Å²) in [5.74, 6) is -0.835. The summed E-state index contributed by atoms with van der Waals surface area (Å²) in [6.07, 6.45) is -0.0505. The molecule has 154 valence electrons. The first-order chi connectivity index (χ1) is 13.7. The molecule has 0 saturated heterocycles. The van der Waals surface area contributed by atoms with Crippen LogP contribution in [0.25, 0.3) is 0 Å². The average Bonchev–Trinajstić information content (AvgIpc) is 2.66. The van der Waals surface area contributed by atoms with E-state index in [9.17, 15) is 18.0 Å². The monoisotopic (exact) mass is 438 g/mol. The number of nitrogens with one attached hydrogen (secondary N) is 1. The van der Waals surface area contributed by atoms with Gasteiger partial charge in [-0.1, -0.05) is 17.7 Å². The third kappa shape index (κ3) is 4.80. The highest BCUT2D eigenvalue weighted by atomic mass is 35.5. The van der Waals surface area contributed by atoms with Gasteiger partial charge in [0.25, 0.3) is 5.91 Å². The Morgan fingerprint density at radius 2 is 2.03 bits per heavy atom. The normalized spacial score (nSPS) is 15.8. The predicted molar refractivity (Wildman–Crippen MR) is 109 cm³/mol. The van der Waals surface area contributed by atoms with Crippen molar-refractivity contribution >= 4 is 44.9 Å². The fraction of sp³-hybridized carbons (Fsp3) is 0.263. The van der Waals surface area contributed by atoms with Crippen molar-refractivity contribution in [3.63, 3.8) is 0 Å². The summed E-state index contributed by atoms with van der Waals surface area (Å²) in [5.41, 5.74) is 0.914. The van der Waals surface area contributed by atoms with Gasteiger partial charge in [0.2, 0.25) is 10.0 Å². The minimum Gasteiger partial charge on any atom is -0.476 e. The number of hydrogen-bond donors (Lipinski definition) is 1. The van der Waals surface area contributed by atoms with Crippen molar-refractivity contribution in [2.45, 2.75) is 13.0 Å². The molecule has 1 atom stereocenters. The van der Waals surface area contributed by atoms with Gasteiger partial charge in [0.05, 0.1) is 30.7 Å². The second kappa shape index (κ2) is 8.30. The SMILES string of the molecule is CCOC(=O)c1cccc(NC(=O)[C@@H]2CN(S(C)(=O)=O)c3cc(Cl)ccc3O2)c1. The number of rotatable bonds is 5. The first-order valence-electron chi connectivity index (χ1n) is 8.71. The van der Waals surface area contributed by atoms with Crippen LogP contribution in [0.4, 0.5) is 11.4 Å². The highest BCUT2D eigenvalue weighted by Gasteiger charge is 2.35. The second-order valence-electron chi connectivity index (χ2n) is 6.30. The molecule has 1 N–H and O–H groups in total. The lowest BCUT2D eigenvalue weighted by Gasteiger charge is -2.34. The summed E-state index contributed by atoms with van der Waals surface area (Å²) in [5, 5.41) is 2.99. The molecule has 1 heterocycles. The summed E-state index contributed by atoms with van der Waals surface area (Å²) in [6.45, 7) is 1.72. The number of fused-ring (bicyclic) bond motifs is 1. The van der Waals surface area contributed by atoms with Crippen molar-refractivity contribution in [2.75, 3.05) is 29.0 Å². The van der Waals surface area contributed by atoms with Crippen LogP contribution in [0, 0.1) is 0 Å². The van der Waals surface area contributed by atoms with Crippen LogP contribution in [-0.4, -0.2) is 45.8 Å². The molecule has 10 heteroatoms. The number of hydrogen-bond acceptors (Lipinski definition) is 6. The number of anilines is 2. The van der Waals surface area contributed by atoms with Crippen molar-refractivity contribution < 1.29 is 27.5 Å². The largest absolute Gasteiger partial charge is 0.476 e. The van der Waals surface area contributed by atoms with E-state index in [4.69, 9.17) is 21.1 Å². The van der Waals surface area contributed by atoms with Crippen LogP contribution in [0.15, 0.2) is 42.5 Å². The van der Waals surface area contributed by atoms with Crippen LogP contribution in [0.5, 0.6) is 5.75 Å². The van der Waals surface area contributed by atoms with Gasteiger partial charge in [0.1, 0.15) is 5.75 Å². The minimum atomic E-state index is -3.67. The molecule has 3 rings (SSSR count). The van der Waals surface area contributed by atoms with Crippen LogP contribution in [0.2, 0.25) is 5.02 Å². The summed E-state index contributed by atoms with van der Waals surface area (Å²) in [7, 11) is -3.67. The maximum atomic E-state index is 12.7. The Morgan fingerprint density at radius 1 is 1.28 bits per heavy atom. The molecule has 0 fully saturated rings. The van der Waals surface area contributed by atoms with Crippen LogP contribution in [0.3, 0.4) is 0 Å². The van der Waals surface area contributed by atoms with E-state index in [1.807, 2.05) is 0 Å². The van der Waals surface area contributed by atoms with E-state index in [0.29, 0.717) is 10.7 Å². The summed E-state index contributed by atoms with van der Waals surface area (Å²) in [6, 6.07) is 10.8. The Hall–Kier alpha value is -2.78. The number of nitrogens with zero attached hydrogens (tertiary/aromatic N) is 1. The number of carbonyl (C=O) groups is 2. The van der Waals surface area contributed by atoms with Gasteiger partial charge in [-0.15, -0.1) is 0 Å². The Bertz CT molecular complexity index is 1060. The van der Waals surface area contributed by atoms with Crippen molar-refractivity contribution in [1.29, 1.82) is 0 Å². The molecular weight excluding hydrogens is 420 g/mol. The molecule has 0 unspecified atom stereocenters. The van der Waals surface area contributed by atoms with Crippen LogP contribution >= 0.6 is 11.6 Å². The topological polar surface area (TPSA) is 102 Å². The number of ether oxygens (including phenoxy) is 2. The maximum Gasteiger partial charge on any atom is 0.338 e. The van der Waals surface area contributed by atoms with Gasteiger partial charge in [-0.25, -0.2) is 13.2 Å². The molecule has 0 aromatic heterocycles. The lowest BCUT2D eigenvalue weighted by Crippen LogP contribution is -2.48. The Kier molecular flexibility index (Phi) is 5.99. The number of esters is 1. The number of halogens is 1. The van der Waals surface area contributed by atoms with Gasteiger partial charge < -0.3 is 14.8 Å². The first-order valence-corrected chi connectivity index (χ1v) is 10.9. The van der Waals surface area contributed by atoms with Gasteiger partial charge in [-0.05, 0) is 43.3 Å². The van der Waals surface area contributed by atoms with Crippen molar-refractivity contribution in [1.82, 2.24) is 0 Å². The van der Waals surface area contributed by atoms with E-state index in [2.05, 4.69) is 5.32 Å². The zero-order chi connectivity index (χ0) is 21.2. The van der Waals surface area contributed by atoms with E-state index in [0.717, 1.165) is 10.6 Å². The van der Waals surface area contributed by atoms with Gasteiger partial charge in [-0.3, -0.25) is 9.10 Å². The molecule has 2 aromatic carbocycles. The van der Waals surface area contributed by atoms with Gasteiger partial charge in [0, 0.05) is 10.7 Å². The minimum absolute atomic E-state index is 0.213. The van der Waals surface area contributed by atoms with Crippen LogP contribution in [-0.2, 0) is 19.6 Å². The smallest absolute Gasteiger partial charge is 0.338 e. The molecule has 0 bridgehead atoms. The molecule has 1 aliphatic rings. The number of sulfonamides is 1. The van der Waals surface area contributed by atoms with Crippen molar-refractivity contribution in [3.8, 4) is 5.75 Å². The molecule has 1 amide bonds. The Labute approximate surface area is 173 Å². The molecule has 0 aliphatic carbocycles. The third-order valence-electron chi connectivity index (χ3n) is 4.12. The van der Waals surface area contributed by atoms with E-state index >= 15 is 0 Å². The van der Waals surface area contributed by atoms with E-state index in [1.165, 1.54) is 18.2 Å². The molecule has 1 aliphatic heterocycles. The van der Waals surface area contributed by atoms with E-state index in [1.54, 1.807) is 31.2 Å². The van der Waals surface area contributed by atoms with E-state index in [-0.39, 0.29) is 30.2 Å². The van der Waals surface area contributed by atoms with Crippen molar-refractivity contribution in [3.05, 3.63) is 53.1 Å². The highest BCUT2D eigenvalue weighted by molar-refractivity contribution is 7.92. The average molecular weight is 439 g/mol. The first kappa shape index (κ1) is 20.9. The fourth-order valence-electron chi connectivity index (χ4n) is 2.84. The lowest BCUT2D eigenvalue weighted by atomic mass is 10.2. The Balaban J connectivity index is 1.82. The predicted octanol–water partition coefficient (Wildman–Crippen LogP) is 2.68. The van der Waals surface area contributed by atoms with Gasteiger partial charge in [0.15, 0.2) is 6.10 Å². The summed E-state index contributed by atoms with van der Waals surface area (Å²) in [4.78, 5) is 24.6. The number of amides is 1. The van der Waals surface area contributed by atoms with Crippen LogP contribution in [0.1, 0.15) is 17.3 Å². The van der Waals surface area contributed by atoms with Crippen molar-refractivity contribution in [2.24, 2.45) is 0 Å². The molecule has 2 aromatic rings. The molecular formula is C19H19ClN2O6S. The maximum absolute atomic E-state index is 12.7. The summed E-state index contributed by atoms with van der Waals surface area (Å²) >= 11 is 5.97. The number of carbonyl (C=O) groups excluding carboxylic acids is 2. The van der Waals surface area contributed by atoms with Gasteiger partial charge in [-0.2, -0.15) is 0 Å². The molecule has 0 saturated carbocycles. The zero-order valence-corrected chi connectivity index (χ0v) is 17.3. The van der Waals surface area contributed by atoms with E-state index < -0.39 is 28.0 Å². The molecule has 0 spiro atoms. The molecule has 8 nitrogen and oxygen atoms in total. The standard InChI is InChI=1S/C19H19ClN2O6S/c1-3-27-19(24)12-5-4-6-14(9-12)21-18(23)17-11-22(29(2,25)26)15-10-13(20)7-8-16(15)28-17/h4-10,17H,3,11H2,1-2H3,(H,21,23)/t17-/m0/s1. The van der Waals surface area contributed by atoms with Crippen LogP contribution < -0.4 is 14.4 Å². The Morgan fingerprint density at radius 3 is 2.72 bits per heavy atom. The summed E-state index contributed by atoms with van der Waals surface area (Å²) < 4.78 is 36.1. The second-order valence-corrected chi connectivity index (χ2v) is 8.65.